The fraction of sp³-hybridized carbons (Fsp3) is 0.442. The third kappa shape index (κ3) is 9.56. The summed E-state index contributed by atoms with van der Waals surface area (Å²) in [5.74, 6) is -5.89. The van der Waals surface area contributed by atoms with Crippen LogP contribution in [0, 0.1) is 5.92 Å². The molecule has 22 nitrogen and oxygen atoms in total. The maximum Gasteiger partial charge on any atom is 0.336 e. The van der Waals surface area contributed by atoms with Crippen molar-refractivity contribution >= 4 is 23.0 Å². The van der Waals surface area contributed by atoms with E-state index in [4.69, 9.17) is 32.8 Å². The Bertz CT molecular complexity index is 2450. The van der Waals surface area contributed by atoms with E-state index < -0.39 is 155 Å². The van der Waals surface area contributed by atoms with E-state index in [2.05, 4.69) is 0 Å². The van der Waals surface area contributed by atoms with Gasteiger partial charge in [0.25, 0.3) is 0 Å². The van der Waals surface area contributed by atoms with Gasteiger partial charge in [0.15, 0.2) is 35.0 Å². The van der Waals surface area contributed by atoms with Crippen LogP contribution in [0.3, 0.4) is 0 Å². The van der Waals surface area contributed by atoms with Gasteiger partial charge in [-0.3, -0.25) is 4.79 Å². The van der Waals surface area contributed by atoms with Crippen molar-refractivity contribution in [2.24, 2.45) is 5.92 Å². The van der Waals surface area contributed by atoms with Gasteiger partial charge in [-0.1, -0.05) is 13.0 Å². The molecule has 1 aromatic heterocycles. The summed E-state index contributed by atoms with van der Waals surface area (Å²) in [7, 11) is 0. The second-order valence-corrected chi connectivity index (χ2v) is 16.0. The van der Waals surface area contributed by atoms with Crippen LogP contribution in [-0.2, 0) is 19.0 Å². The van der Waals surface area contributed by atoms with Gasteiger partial charge in [-0.25, -0.2) is 4.79 Å². The van der Waals surface area contributed by atoms with Gasteiger partial charge in [-0.05, 0) is 61.2 Å². The Morgan fingerprint density at radius 1 is 0.723 bits per heavy atom. The van der Waals surface area contributed by atoms with Crippen LogP contribution in [0.2, 0.25) is 0 Å². The number of ether oxygens (including phenoxy) is 6. The van der Waals surface area contributed by atoms with Crippen molar-refractivity contribution in [3.05, 3.63) is 70.4 Å². The smallest absolute Gasteiger partial charge is 0.336 e. The molecule has 4 aromatic rings. The Morgan fingerprint density at radius 3 is 2.12 bits per heavy atom. The molecule has 65 heavy (non-hydrogen) atoms. The molecular formula is C43H48O22. The molecule has 2 aliphatic heterocycles. The van der Waals surface area contributed by atoms with E-state index >= 15 is 0 Å². The number of carbonyl (C=O) groups is 1. The summed E-state index contributed by atoms with van der Waals surface area (Å²) < 4.78 is 40.5. The van der Waals surface area contributed by atoms with Gasteiger partial charge in [0.2, 0.25) is 17.5 Å². The topological polar surface area (TPSA) is 366 Å². The summed E-state index contributed by atoms with van der Waals surface area (Å²) >= 11 is 0. The number of aliphatic hydroxyl groups excluding tert-OH is 9. The van der Waals surface area contributed by atoms with Gasteiger partial charge in [0.05, 0.1) is 18.8 Å². The average molecular weight is 917 g/mol. The SMILES string of the molecule is CC1CC(Oc2c(-c3ccc(O)c(OC(=O)/C=C/c4ccc(O)c(O)c4)c3)oc3cc(OC4OC(C)C(O)C(O)C4O)cc(O)c3c2=O)C(O[C@@H]2OC(CO)[C@@H](O)[C@H](O)C2O)C(O)C1O. The largest absolute Gasteiger partial charge is 0.507 e. The molecule has 3 heterocycles. The number of esters is 1. The molecular weight excluding hydrogens is 868 g/mol. The first-order chi connectivity index (χ1) is 30.8. The van der Waals surface area contributed by atoms with Crippen LogP contribution in [-0.4, -0.2) is 165 Å². The molecule has 0 spiro atoms. The van der Waals surface area contributed by atoms with Crippen molar-refractivity contribution in [2.75, 3.05) is 6.61 Å². The van der Waals surface area contributed by atoms with Crippen molar-refractivity contribution in [2.45, 2.75) is 106 Å². The first-order valence-corrected chi connectivity index (χ1v) is 20.2. The van der Waals surface area contributed by atoms with Crippen LogP contribution in [0.15, 0.2) is 63.8 Å². The molecule has 15 atom stereocenters. The highest BCUT2D eigenvalue weighted by Crippen LogP contribution is 2.42. The fourth-order valence-electron chi connectivity index (χ4n) is 7.72. The molecule has 0 radical (unpaired) electrons. The predicted octanol–water partition coefficient (Wildman–Crippen LogP) is -1.20. The van der Waals surface area contributed by atoms with E-state index in [1.54, 1.807) is 0 Å². The fourth-order valence-corrected chi connectivity index (χ4v) is 7.72. The second-order valence-electron chi connectivity index (χ2n) is 16.0. The van der Waals surface area contributed by atoms with E-state index in [-0.39, 0.29) is 28.9 Å². The molecule has 3 fully saturated rings. The molecule has 3 aromatic carbocycles. The number of benzene rings is 3. The van der Waals surface area contributed by atoms with Crippen molar-refractivity contribution in [1.82, 2.24) is 0 Å². The van der Waals surface area contributed by atoms with Gasteiger partial charge in [0.1, 0.15) is 83.5 Å². The van der Waals surface area contributed by atoms with Crippen molar-refractivity contribution in [1.29, 1.82) is 0 Å². The second kappa shape index (κ2) is 19.1. The Balaban J connectivity index is 1.30. The van der Waals surface area contributed by atoms with E-state index in [9.17, 15) is 76.0 Å². The lowest BCUT2D eigenvalue weighted by Gasteiger charge is -2.45. The molecule has 352 valence electrons. The lowest BCUT2D eigenvalue weighted by Crippen LogP contribution is -2.63. The van der Waals surface area contributed by atoms with Crippen molar-refractivity contribution in [3.63, 3.8) is 0 Å². The molecule has 12 unspecified atom stereocenters. The number of aromatic hydroxyl groups is 4. The minimum absolute atomic E-state index is 0.120. The maximum absolute atomic E-state index is 14.6. The summed E-state index contributed by atoms with van der Waals surface area (Å²) in [5, 5.41) is 135. The normalized spacial score (nSPS) is 32.9. The van der Waals surface area contributed by atoms with E-state index in [0.29, 0.717) is 0 Å². The molecule has 1 aliphatic carbocycles. The van der Waals surface area contributed by atoms with Crippen LogP contribution in [0.1, 0.15) is 25.8 Å². The summed E-state index contributed by atoms with van der Waals surface area (Å²) in [5.41, 5.74) is -1.29. The van der Waals surface area contributed by atoms with E-state index in [0.717, 1.165) is 30.3 Å². The number of fused-ring (bicyclic) bond motifs is 1. The molecule has 22 heteroatoms. The molecule has 0 bridgehead atoms. The predicted molar refractivity (Wildman–Crippen MR) is 218 cm³/mol. The van der Waals surface area contributed by atoms with Crippen LogP contribution in [0.25, 0.3) is 28.4 Å². The standard InChI is InChI=1S/C43H48O22/c1-15-9-26(40(36(56)30(15)50)65-43-38(58)35(55)32(52)27(14-44)64-43)63-41-33(53)29-23(48)12-19(60-42-37(57)34(54)31(51)16(2)59-42)13-25(29)62-39(41)18-5-7-21(46)24(11-18)61-28(49)8-4-17-3-6-20(45)22(47)10-17/h3-8,10-13,15-16,26-27,30-32,34-38,40,42-48,50-52,54-58H,9,14H2,1-2H3/b8-4+/t15?,16?,26?,27?,30?,31?,32-,34?,35+,36?,37?,38?,40?,42?,43+/m1/s1. The van der Waals surface area contributed by atoms with Gasteiger partial charge < -0.3 is 99.2 Å². The zero-order valence-corrected chi connectivity index (χ0v) is 34.3. The Labute approximate surface area is 367 Å². The first kappa shape index (κ1) is 47.4. The maximum atomic E-state index is 14.6. The van der Waals surface area contributed by atoms with Crippen molar-refractivity contribution in [3.8, 4) is 51.6 Å². The van der Waals surface area contributed by atoms with Crippen molar-refractivity contribution < 1.29 is 104 Å². The quantitative estimate of drug-likeness (QED) is 0.0364. The number of phenolic OH excluding ortho intramolecular Hbond substituents is 4. The number of hydrogen-bond donors (Lipinski definition) is 13. The summed E-state index contributed by atoms with van der Waals surface area (Å²) in [6, 6.07) is 9.19. The molecule has 3 aliphatic rings. The molecule has 7 rings (SSSR count). The van der Waals surface area contributed by atoms with Crippen LogP contribution in [0.5, 0.6) is 40.2 Å². The van der Waals surface area contributed by atoms with Gasteiger partial charge >= 0.3 is 5.97 Å². The summed E-state index contributed by atoms with van der Waals surface area (Å²) in [4.78, 5) is 27.6. The average Bonchev–Trinajstić information content (AvgIpc) is 3.27. The van der Waals surface area contributed by atoms with Crippen LogP contribution >= 0.6 is 0 Å². The lowest BCUT2D eigenvalue weighted by molar-refractivity contribution is -0.330. The highest BCUT2D eigenvalue weighted by Gasteiger charge is 2.50. The summed E-state index contributed by atoms with van der Waals surface area (Å²) in [6.07, 6.45) is -20.9. The minimum Gasteiger partial charge on any atom is -0.507 e. The third-order valence-electron chi connectivity index (χ3n) is 11.5. The number of phenols is 4. The number of hydrogen-bond acceptors (Lipinski definition) is 22. The zero-order chi connectivity index (χ0) is 47.2. The molecule has 13 N–H and O–H groups in total. The molecule has 0 amide bonds. The molecule has 2 saturated heterocycles. The number of rotatable bonds is 11. The number of carbonyl (C=O) groups excluding carboxylic acids is 1. The van der Waals surface area contributed by atoms with E-state index in [1.807, 2.05) is 0 Å². The Morgan fingerprint density at radius 2 is 1.42 bits per heavy atom. The highest BCUT2D eigenvalue weighted by atomic mass is 16.7. The zero-order valence-electron chi connectivity index (χ0n) is 34.3. The van der Waals surface area contributed by atoms with Crippen LogP contribution < -0.4 is 19.6 Å². The van der Waals surface area contributed by atoms with Gasteiger partial charge in [-0.15, -0.1) is 0 Å². The Hall–Kier alpha value is -5.60. The third-order valence-corrected chi connectivity index (χ3v) is 11.5. The monoisotopic (exact) mass is 916 g/mol. The number of aliphatic hydroxyl groups is 9. The lowest BCUT2D eigenvalue weighted by atomic mass is 9.81. The van der Waals surface area contributed by atoms with Gasteiger partial charge in [-0.2, -0.15) is 0 Å². The minimum atomic E-state index is -1.95. The highest BCUT2D eigenvalue weighted by molar-refractivity contribution is 5.90. The van der Waals surface area contributed by atoms with E-state index in [1.165, 1.54) is 44.2 Å². The summed E-state index contributed by atoms with van der Waals surface area (Å²) in [6.45, 7) is 2.13. The first-order valence-electron chi connectivity index (χ1n) is 20.2. The van der Waals surface area contributed by atoms with Gasteiger partial charge in [0, 0.05) is 23.8 Å². The Kier molecular flexibility index (Phi) is 13.9. The van der Waals surface area contributed by atoms with Crippen LogP contribution in [0.4, 0.5) is 0 Å². The molecule has 1 saturated carbocycles.